The van der Waals surface area contributed by atoms with Crippen molar-refractivity contribution in [2.45, 2.75) is 19.8 Å². The van der Waals surface area contributed by atoms with Gasteiger partial charge in [0.05, 0.1) is 17.5 Å². The summed E-state index contributed by atoms with van der Waals surface area (Å²) in [5, 5.41) is 0. The van der Waals surface area contributed by atoms with Gasteiger partial charge in [0.25, 0.3) is 0 Å². The Morgan fingerprint density at radius 3 is 2.78 bits per heavy atom. The lowest BCUT2D eigenvalue weighted by Crippen LogP contribution is -2.30. The predicted molar refractivity (Wildman–Crippen MR) is 84.7 cm³/mol. The molecule has 0 saturated carbocycles. The van der Waals surface area contributed by atoms with Gasteiger partial charge >= 0.3 is 5.97 Å². The Hall–Kier alpha value is -2.69. The zero-order chi connectivity index (χ0) is 16.6. The van der Waals surface area contributed by atoms with Crippen LogP contribution in [0.4, 0.5) is 5.69 Å². The maximum Gasteiger partial charge on any atom is 0.335 e. The first-order chi connectivity index (χ1) is 11.0. The number of carbonyl (C=O) groups is 3. The first-order valence-corrected chi connectivity index (χ1v) is 7.49. The minimum atomic E-state index is -0.588. The van der Waals surface area contributed by atoms with Gasteiger partial charge in [-0.1, -0.05) is 24.3 Å². The standard InChI is InChI=1S/C18H17NO4/c1-3-16(20)23-13-6-4-5-12(10-13)19-17(21)14-8-7-11(2)9-15(14)18(19)22/h3-7,10,14-15H,1,8-9H2,2H3/t14-,15-/m1/s1. The Kier molecular flexibility index (Phi) is 3.86. The van der Waals surface area contributed by atoms with Gasteiger partial charge in [-0.25, -0.2) is 9.69 Å². The zero-order valence-corrected chi connectivity index (χ0v) is 12.8. The molecule has 0 spiro atoms. The Morgan fingerprint density at radius 2 is 2.04 bits per heavy atom. The molecule has 2 aliphatic rings. The number of carbonyl (C=O) groups excluding carboxylic acids is 3. The first kappa shape index (κ1) is 15.2. The van der Waals surface area contributed by atoms with Crippen molar-refractivity contribution >= 4 is 23.5 Å². The zero-order valence-electron chi connectivity index (χ0n) is 12.8. The number of rotatable bonds is 3. The van der Waals surface area contributed by atoms with E-state index in [2.05, 4.69) is 6.58 Å². The second-order valence-corrected chi connectivity index (χ2v) is 5.84. The first-order valence-electron chi connectivity index (χ1n) is 7.49. The molecule has 23 heavy (non-hydrogen) atoms. The number of imide groups is 1. The molecule has 2 atom stereocenters. The smallest absolute Gasteiger partial charge is 0.335 e. The number of hydrogen-bond donors (Lipinski definition) is 0. The molecule has 5 heteroatoms. The molecular weight excluding hydrogens is 294 g/mol. The number of anilines is 1. The number of nitrogens with zero attached hydrogens (tertiary/aromatic N) is 1. The third-order valence-corrected chi connectivity index (χ3v) is 4.28. The molecular formula is C18H17NO4. The Morgan fingerprint density at radius 1 is 1.30 bits per heavy atom. The molecule has 1 heterocycles. The molecule has 1 aliphatic carbocycles. The van der Waals surface area contributed by atoms with E-state index in [1.165, 1.54) is 11.0 Å². The van der Waals surface area contributed by atoms with Crippen LogP contribution in [0, 0.1) is 11.8 Å². The van der Waals surface area contributed by atoms with Crippen molar-refractivity contribution < 1.29 is 19.1 Å². The van der Waals surface area contributed by atoms with E-state index >= 15 is 0 Å². The summed E-state index contributed by atoms with van der Waals surface area (Å²) in [5.41, 5.74) is 1.57. The fraction of sp³-hybridized carbons (Fsp3) is 0.278. The molecule has 1 aromatic rings. The molecule has 1 aliphatic heterocycles. The number of hydrogen-bond acceptors (Lipinski definition) is 4. The van der Waals surface area contributed by atoms with E-state index in [9.17, 15) is 14.4 Å². The summed E-state index contributed by atoms with van der Waals surface area (Å²) in [5.74, 6) is -1.25. The highest BCUT2D eigenvalue weighted by atomic mass is 16.5. The molecule has 3 rings (SSSR count). The van der Waals surface area contributed by atoms with Crippen molar-refractivity contribution in [1.29, 1.82) is 0 Å². The van der Waals surface area contributed by atoms with Gasteiger partial charge in [-0.3, -0.25) is 9.59 Å². The molecule has 0 radical (unpaired) electrons. The van der Waals surface area contributed by atoms with Crippen LogP contribution in [0.15, 0.2) is 48.6 Å². The molecule has 0 unspecified atom stereocenters. The van der Waals surface area contributed by atoms with Gasteiger partial charge in [0, 0.05) is 12.1 Å². The molecule has 118 valence electrons. The molecule has 0 aromatic heterocycles. The van der Waals surface area contributed by atoms with Crippen molar-refractivity contribution in [2.75, 3.05) is 4.90 Å². The third-order valence-electron chi connectivity index (χ3n) is 4.28. The van der Waals surface area contributed by atoms with Crippen LogP contribution >= 0.6 is 0 Å². The second kappa shape index (κ2) is 5.83. The van der Waals surface area contributed by atoms with Gasteiger partial charge in [-0.2, -0.15) is 0 Å². The average Bonchev–Trinajstić information content (AvgIpc) is 2.78. The quantitative estimate of drug-likeness (QED) is 0.283. The van der Waals surface area contributed by atoms with Crippen LogP contribution in [0.2, 0.25) is 0 Å². The lowest BCUT2D eigenvalue weighted by molar-refractivity contribution is -0.129. The van der Waals surface area contributed by atoms with Crippen LogP contribution < -0.4 is 9.64 Å². The summed E-state index contributed by atoms with van der Waals surface area (Å²) < 4.78 is 5.05. The maximum atomic E-state index is 12.6. The summed E-state index contributed by atoms with van der Waals surface area (Å²) in [6.07, 6.45) is 4.31. The van der Waals surface area contributed by atoms with E-state index < -0.39 is 5.97 Å². The van der Waals surface area contributed by atoms with Crippen molar-refractivity contribution in [3.8, 4) is 5.75 Å². The van der Waals surface area contributed by atoms with Gasteiger partial charge in [0.15, 0.2) is 0 Å². The lowest BCUT2D eigenvalue weighted by atomic mass is 9.82. The van der Waals surface area contributed by atoms with Crippen LogP contribution in [-0.2, 0) is 14.4 Å². The SMILES string of the molecule is C=CC(=O)Oc1cccc(N2C(=O)[C@@H]3CC=C(C)C[C@H]3C2=O)c1. The molecule has 2 amide bonds. The van der Waals surface area contributed by atoms with Gasteiger partial charge < -0.3 is 4.74 Å². The van der Waals surface area contributed by atoms with Gasteiger partial charge in [-0.15, -0.1) is 0 Å². The van der Waals surface area contributed by atoms with E-state index in [0.29, 0.717) is 18.5 Å². The van der Waals surface area contributed by atoms with Crippen molar-refractivity contribution in [3.05, 3.63) is 48.6 Å². The minimum absolute atomic E-state index is 0.181. The van der Waals surface area contributed by atoms with Crippen LogP contribution in [0.1, 0.15) is 19.8 Å². The Bertz CT molecular complexity index is 734. The molecule has 5 nitrogen and oxygen atoms in total. The van der Waals surface area contributed by atoms with E-state index in [0.717, 1.165) is 11.6 Å². The number of ether oxygens (including phenoxy) is 1. The number of fused-ring (bicyclic) bond motifs is 1. The van der Waals surface area contributed by atoms with Crippen molar-refractivity contribution in [3.63, 3.8) is 0 Å². The molecule has 1 saturated heterocycles. The Labute approximate surface area is 134 Å². The van der Waals surface area contributed by atoms with Crippen LogP contribution in [0.5, 0.6) is 5.75 Å². The molecule has 0 N–H and O–H groups in total. The van der Waals surface area contributed by atoms with Gasteiger partial charge in [0.1, 0.15) is 5.75 Å². The number of esters is 1. The fourth-order valence-corrected chi connectivity index (χ4v) is 3.14. The molecule has 1 aromatic carbocycles. The summed E-state index contributed by atoms with van der Waals surface area (Å²) in [6, 6.07) is 6.43. The molecule has 0 bridgehead atoms. The summed E-state index contributed by atoms with van der Waals surface area (Å²) >= 11 is 0. The maximum absolute atomic E-state index is 12.6. The topological polar surface area (TPSA) is 63.7 Å². The number of benzene rings is 1. The Balaban J connectivity index is 1.89. The van der Waals surface area contributed by atoms with Crippen molar-refractivity contribution in [1.82, 2.24) is 0 Å². The van der Waals surface area contributed by atoms with Crippen molar-refractivity contribution in [2.24, 2.45) is 11.8 Å². The fourth-order valence-electron chi connectivity index (χ4n) is 3.14. The second-order valence-electron chi connectivity index (χ2n) is 5.84. The predicted octanol–water partition coefficient (Wildman–Crippen LogP) is 2.62. The van der Waals surface area contributed by atoms with Crippen LogP contribution in [0.25, 0.3) is 0 Å². The van der Waals surface area contributed by atoms with Gasteiger partial charge in [0.2, 0.25) is 11.8 Å². The highest BCUT2D eigenvalue weighted by Gasteiger charge is 2.48. The minimum Gasteiger partial charge on any atom is -0.423 e. The monoisotopic (exact) mass is 311 g/mol. The van der Waals surface area contributed by atoms with Gasteiger partial charge in [-0.05, 0) is 31.9 Å². The lowest BCUT2D eigenvalue weighted by Gasteiger charge is -2.18. The number of amides is 2. The van der Waals surface area contributed by atoms with E-state index in [1.807, 2.05) is 13.0 Å². The average molecular weight is 311 g/mol. The van der Waals surface area contributed by atoms with Crippen LogP contribution in [0.3, 0.4) is 0 Å². The van der Waals surface area contributed by atoms with E-state index in [4.69, 9.17) is 4.74 Å². The summed E-state index contributed by atoms with van der Waals surface area (Å²) in [4.78, 5) is 37.7. The van der Waals surface area contributed by atoms with E-state index in [-0.39, 0.29) is 29.4 Å². The molecule has 1 fully saturated rings. The third kappa shape index (κ3) is 2.70. The van der Waals surface area contributed by atoms with E-state index in [1.54, 1.807) is 18.2 Å². The number of allylic oxidation sites excluding steroid dienone is 2. The summed E-state index contributed by atoms with van der Waals surface area (Å²) in [7, 11) is 0. The van der Waals surface area contributed by atoms with Crippen LogP contribution in [-0.4, -0.2) is 17.8 Å². The highest BCUT2D eigenvalue weighted by Crippen LogP contribution is 2.40. The normalized spacial score (nSPS) is 23.3. The summed E-state index contributed by atoms with van der Waals surface area (Å²) in [6.45, 7) is 5.32. The largest absolute Gasteiger partial charge is 0.423 e. The highest BCUT2D eigenvalue weighted by molar-refractivity contribution is 6.22.